The molecule has 1 aliphatic heterocycles. The number of nitrogens with one attached hydrogen (secondary N) is 1. The molecule has 3 nitrogen and oxygen atoms in total. The van der Waals surface area contributed by atoms with E-state index >= 15 is 0 Å². The van der Waals surface area contributed by atoms with Gasteiger partial charge in [0.05, 0.1) is 5.92 Å². The SMILES string of the molecule is O=C(NCCSC1CCCCC1)C1CCCN(Cc2ccccc2)C1. The van der Waals surface area contributed by atoms with Crippen LogP contribution in [0.25, 0.3) is 0 Å². The van der Waals surface area contributed by atoms with Crippen LogP contribution in [-0.2, 0) is 11.3 Å². The third-order valence-corrected chi connectivity index (χ3v) is 6.81. The van der Waals surface area contributed by atoms with Gasteiger partial charge in [-0.3, -0.25) is 9.69 Å². The molecule has 1 aromatic rings. The van der Waals surface area contributed by atoms with Gasteiger partial charge in [-0.1, -0.05) is 49.6 Å². The van der Waals surface area contributed by atoms with E-state index in [4.69, 9.17) is 0 Å². The third-order valence-electron chi connectivity index (χ3n) is 5.43. The predicted octanol–water partition coefficient (Wildman–Crippen LogP) is 4.08. The standard InChI is InChI=1S/C21H32N2OS/c24-21(22-13-15-25-20-11-5-2-6-12-20)19-10-7-14-23(17-19)16-18-8-3-1-4-9-18/h1,3-4,8-9,19-20H,2,5-7,10-17H2,(H,22,24). The molecule has 1 aromatic carbocycles. The van der Waals surface area contributed by atoms with Crippen LogP contribution in [0, 0.1) is 5.92 Å². The first kappa shape index (κ1) is 18.8. The number of likely N-dealkylation sites (tertiary alicyclic amines) is 1. The number of piperidine rings is 1. The highest BCUT2D eigenvalue weighted by molar-refractivity contribution is 7.99. The normalized spacial score (nSPS) is 22.6. The lowest BCUT2D eigenvalue weighted by atomic mass is 9.96. The summed E-state index contributed by atoms with van der Waals surface area (Å²) in [7, 11) is 0. The summed E-state index contributed by atoms with van der Waals surface area (Å²) in [6, 6.07) is 10.6. The van der Waals surface area contributed by atoms with Gasteiger partial charge in [0.25, 0.3) is 0 Å². The maximum absolute atomic E-state index is 12.5. The van der Waals surface area contributed by atoms with Crippen LogP contribution in [0.15, 0.2) is 30.3 Å². The highest BCUT2D eigenvalue weighted by Crippen LogP contribution is 2.27. The van der Waals surface area contributed by atoms with Gasteiger partial charge in [-0.2, -0.15) is 11.8 Å². The summed E-state index contributed by atoms with van der Waals surface area (Å²) in [5.74, 6) is 1.50. The molecule has 138 valence electrons. The van der Waals surface area contributed by atoms with E-state index in [1.165, 1.54) is 37.7 Å². The van der Waals surface area contributed by atoms with Crippen LogP contribution in [0.5, 0.6) is 0 Å². The second-order valence-electron chi connectivity index (χ2n) is 7.48. The molecule has 1 unspecified atom stereocenters. The first-order valence-electron chi connectivity index (χ1n) is 9.97. The molecule has 2 aliphatic rings. The fourth-order valence-electron chi connectivity index (χ4n) is 4.03. The van der Waals surface area contributed by atoms with E-state index < -0.39 is 0 Å². The summed E-state index contributed by atoms with van der Waals surface area (Å²) >= 11 is 2.06. The molecule has 0 spiro atoms. The summed E-state index contributed by atoms with van der Waals surface area (Å²) in [6.07, 6.45) is 9.10. The Bertz CT molecular complexity index is 516. The zero-order valence-electron chi connectivity index (χ0n) is 15.3. The quantitative estimate of drug-likeness (QED) is 0.744. The van der Waals surface area contributed by atoms with E-state index in [1.807, 2.05) is 0 Å². The summed E-state index contributed by atoms with van der Waals surface area (Å²) in [6.45, 7) is 3.80. The maximum atomic E-state index is 12.5. The molecule has 3 rings (SSSR count). The minimum absolute atomic E-state index is 0.164. The van der Waals surface area contributed by atoms with Crippen molar-refractivity contribution in [2.24, 2.45) is 5.92 Å². The number of thioether (sulfide) groups is 1. The number of amides is 1. The first-order valence-corrected chi connectivity index (χ1v) is 11.0. The Morgan fingerprint density at radius 1 is 1.08 bits per heavy atom. The Balaban J connectivity index is 1.35. The Hall–Kier alpha value is -1.00. The average molecular weight is 361 g/mol. The van der Waals surface area contributed by atoms with Crippen LogP contribution in [0.2, 0.25) is 0 Å². The van der Waals surface area contributed by atoms with Crippen molar-refractivity contribution in [3.05, 3.63) is 35.9 Å². The molecule has 1 saturated carbocycles. The van der Waals surface area contributed by atoms with Gasteiger partial charge in [0.2, 0.25) is 5.91 Å². The van der Waals surface area contributed by atoms with Crippen molar-refractivity contribution in [3.8, 4) is 0 Å². The highest BCUT2D eigenvalue weighted by atomic mass is 32.2. The van der Waals surface area contributed by atoms with Crippen molar-refractivity contribution in [2.45, 2.75) is 56.7 Å². The average Bonchev–Trinajstić information content (AvgIpc) is 2.67. The fraction of sp³-hybridized carbons (Fsp3) is 0.667. The van der Waals surface area contributed by atoms with E-state index in [0.29, 0.717) is 0 Å². The van der Waals surface area contributed by atoms with Crippen molar-refractivity contribution in [3.63, 3.8) is 0 Å². The lowest BCUT2D eigenvalue weighted by Gasteiger charge is -2.32. The molecule has 1 N–H and O–H groups in total. The molecule has 4 heteroatoms. The Morgan fingerprint density at radius 2 is 1.88 bits per heavy atom. The minimum Gasteiger partial charge on any atom is -0.355 e. The van der Waals surface area contributed by atoms with Gasteiger partial charge in [0, 0.05) is 30.6 Å². The van der Waals surface area contributed by atoms with E-state index in [2.05, 4.69) is 52.3 Å². The van der Waals surface area contributed by atoms with Crippen molar-refractivity contribution < 1.29 is 4.79 Å². The molecular weight excluding hydrogens is 328 g/mol. The van der Waals surface area contributed by atoms with Gasteiger partial charge in [-0.05, 0) is 37.8 Å². The molecule has 25 heavy (non-hydrogen) atoms. The van der Waals surface area contributed by atoms with Crippen LogP contribution in [0.1, 0.15) is 50.5 Å². The monoisotopic (exact) mass is 360 g/mol. The number of rotatable bonds is 7. The lowest BCUT2D eigenvalue weighted by molar-refractivity contribution is -0.126. The number of hydrogen-bond donors (Lipinski definition) is 1. The molecule has 1 amide bonds. The second kappa shape index (κ2) is 10.2. The fourth-order valence-corrected chi connectivity index (χ4v) is 5.25. The van der Waals surface area contributed by atoms with E-state index in [0.717, 1.165) is 50.0 Å². The van der Waals surface area contributed by atoms with Crippen molar-refractivity contribution >= 4 is 17.7 Å². The number of nitrogens with zero attached hydrogens (tertiary/aromatic N) is 1. The molecule has 0 aromatic heterocycles. The molecule has 1 atom stereocenters. The molecule has 0 bridgehead atoms. The Kier molecular flexibility index (Phi) is 7.68. The first-order chi connectivity index (χ1) is 12.3. The maximum Gasteiger partial charge on any atom is 0.224 e. The molecule has 1 saturated heterocycles. The van der Waals surface area contributed by atoms with Crippen molar-refractivity contribution in [2.75, 3.05) is 25.4 Å². The summed E-state index contributed by atoms with van der Waals surface area (Å²) in [5, 5.41) is 4.02. The predicted molar refractivity (Wildman–Crippen MR) is 107 cm³/mol. The van der Waals surface area contributed by atoms with Crippen LogP contribution in [-0.4, -0.2) is 41.4 Å². The van der Waals surface area contributed by atoms with Gasteiger partial charge < -0.3 is 5.32 Å². The zero-order valence-corrected chi connectivity index (χ0v) is 16.1. The minimum atomic E-state index is 0.164. The van der Waals surface area contributed by atoms with Gasteiger partial charge >= 0.3 is 0 Å². The van der Waals surface area contributed by atoms with E-state index in [9.17, 15) is 4.79 Å². The van der Waals surface area contributed by atoms with Gasteiger partial charge in [-0.25, -0.2) is 0 Å². The smallest absolute Gasteiger partial charge is 0.224 e. The van der Waals surface area contributed by atoms with Crippen LogP contribution < -0.4 is 5.32 Å². The molecular formula is C21H32N2OS. The highest BCUT2D eigenvalue weighted by Gasteiger charge is 2.25. The van der Waals surface area contributed by atoms with Crippen LogP contribution in [0.4, 0.5) is 0 Å². The number of hydrogen-bond acceptors (Lipinski definition) is 3. The second-order valence-corrected chi connectivity index (χ2v) is 8.89. The van der Waals surface area contributed by atoms with E-state index in [-0.39, 0.29) is 11.8 Å². The Labute approximate surface area is 156 Å². The summed E-state index contributed by atoms with van der Waals surface area (Å²) in [5.41, 5.74) is 1.34. The van der Waals surface area contributed by atoms with E-state index in [1.54, 1.807) is 0 Å². The Morgan fingerprint density at radius 3 is 2.68 bits per heavy atom. The summed E-state index contributed by atoms with van der Waals surface area (Å²) < 4.78 is 0. The van der Waals surface area contributed by atoms with Crippen molar-refractivity contribution in [1.29, 1.82) is 0 Å². The number of carbonyl (C=O) groups is 1. The molecule has 2 fully saturated rings. The number of carbonyl (C=O) groups excluding carboxylic acids is 1. The van der Waals surface area contributed by atoms with Gasteiger partial charge in [0.1, 0.15) is 0 Å². The molecule has 0 radical (unpaired) electrons. The molecule has 1 heterocycles. The topological polar surface area (TPSA) is 32.3 Å². The van der Waals surface area contributed by atoms with Gasteiger partial charge in [0.15, 0.2) is 0 Å². The molecule has 1 aliphatic carbocycles. The third kappa shape index (κ3) is 6.34. The van der Waals surface area contributed by atoms with Crippen LogP contribution in [0.3, 0.4) is 0 Å². The lowest BCUT2D eigenvalue weighted by Crippen LogP contribution is -2.43. The summed E-state index contributed by atoms with van der Waals surface area (Å²) in [4.78, 5) is 14.9. The van der Waals surface area contributed by atoms with Crippen molar-refractivity contribution in [1.82, 2.24) is 10.2 Å². The van der Waals surface area contributed by atoms with Crippen LogP contribution >= 0.6 is 11.8 Å². The largest absolute Gasteiger partial charge is 0.355 e. The number of benzene rings is 1. The van der Waals surface area contributed by atoms with Gasteiger partial charge in [-0.15, -0.1) is 0 Å². The zero-order chi connectivity index (χ0) is 17.3.